The van der Waals surface area contributed by atoms with Gasteiger partial charge in [0.25, 0.3) is 0 Å². The van der Waals surface area contributed by atoms with Crippen molar-refractivity contribution in [3.63, 3.8) is 0 Å². The van der Waals surface area contributed by atoms with Crippen molar-refractivity contribution >= 4 is 23.9 Å². The summed E-state index contributed by atoms with van der Waals surface area (Å²) >= 11 is 0. The Hall–Kier alpha value is -2.44. The van der Waals surface area contributed by atoms with Crippen LogP contribution in [-0.4, -0.2) is 37.1 Å². The zero-order valence-corrected chi connectivity index (χ0v) is 13.4. The van der Waals surface area contributed by atoms with E-state index in [1.165, 1.54) is 0 Å². The second-order valence-corrected chi connectivity index (χ2v) is 4.45. The zero-order chi connectivity index (χ0) is 17.5. The van der Waals surface area contributed by atoms with Crippen LogP contribution in [0.15, 0.2) is 24.3 Å². The number of unbranched alkanes of at least 4 members (excludes halogenated alkanes) is 2. The third kappa shape index (κ3) is 13.0. The molecule has 0 fully saturated rings. The highest BCUT2D eigenvalue weighted by Crippen LogP contribution is 1.93. The number of rotatable bonds is 8. The Morgan fingerprint density at radius 2 is 1.30 bits per heavy atom. The van der Waals surface area contributed by atoms with Gasteiger partial charge in [-0.15, -0.1) is 0 Å². The second-order valence-electron chi connectivity index (χ2n) is 4.45. The molecule has 0 radical (unpaired) electrons. The van der Waals surface area contributed by atoms with Crippen LogP contribution in [0.25, 0.3) is 0 Å². The molecule has 128 valence electrons. The van der Waals surface area contributed by atoms with Crippen molar-refractivity contribution in [2.75, 3.05) is 13.2 Å². The van der Waals surface area contributed by atoms with Crippen molar-refractivity contribution in [2.24, 2.45) is 0 Å². The molecule has 1 aliphatic heterocycles. The molecule has 0 aromatic carbocycles. The van der Waals surface area contributed by atoms with Crippen molar-refractivity contribution in [3.05, 3.63) is 24.3 Å². The van der Waals surface area contributed by atoms with Gasteiger partial charge in [0.2, 0.25) is 0 Å². The quantitative estimate of drug-likeness (QED) is 0.221. The number of cyclic esters (lactones) is 2. The van der Waals surface area contributed by atoms with E-state index in [4.69, 9.17) is 9.47 Å². The molecule has 0 atom stereocenters. The summed E-state index contributed by atoms with van der Waals surface area (Å²) in [4.78, 5) is 41.9. The van der Waals surface area contributed by atoms with Gasteiger partial charge in [-0.1, -0.05) is 26.7 Å². The molecule has 1 rings (SSSR count). The summed E-state index contributed by atoms with van der Waals surface area (Å²) < 4.78 is 13.6. The maximum Gasteiger partial charge on any atom is 0.338 e. The maximum atomic E-state index is 11.0. The molecule has 23 heavy (non-hydrogen) atoms. The first-order valence-corrected chi connectivity index (χ1v) is 7.45. The van der Waals surface area contributed by atoms with Gasteiger partial charge >= 0.3 is 23.9 Å². The van der Waals surface area contributed by atoms with E-state index >= 15 is 0 Å². The second kappa shape index (κ2) is 13.2. The molecule has 0 N–H and O–H groups in total. The van der Waals surface area contributed by atoms with Crippen LogP contribution in [0.3, 0.4) is 0 Å². The van der Waals surface area contributed by atoms with Crippen molar-refractivity contribution in [1.29, 1.82) is 0 Å². The highest BCUT2D eigenvalue weighted by Gasteiger charge is 2.10. The van der Waals surface area contributed by atoms with E-state index in [9.17, 15) is 19.2 Å². The number of hydrogen-bond donors (Lipinski definition) is 0. The first kappa shape index (κ1) is 20.6. The van der Waals surface area contributed by atoms with Crippen LogP contribution in [0.2, 0.25) is 0 Å². The molecule has 0 spiro atoms. The summed E-state index contributed by atoms with van der Waals surface area (Å²) in [6.45, 7) is 4.80. The van der Waals surface area contributed by atoms with Gasteiger partial charge in [-0.05, 0) is 12.8 Å². The van der Waals surface area contributed by atoms with E-state index in [-0.39, 0.29) is 0 Å². The highest BCUT2D eigenvalue weighted by molar-refractivity contribution is 6.04. The van der Waals surface area contributed by atoms with Gasteiger partial charge in [0.15, 0.2) is 0 Å². The monoisotopic (exact) mass is 326 g/mol. The first-order valence-electron chi connectivity index (χ1n) is 7.45. The molecule has 0 saturated heterocycles. The minimum Gasteiger partial charge on any atom is -0.463 e. The van der Waals surface area contributed by atoms with Crippen LogP contribution >= 0.6 is 0 Å². The summed E-state index contributed by atoms with van der Waals surface area (Å²) in [5.41, 5.74) is 0. The van der Waals surface area contributed by atoms with Gasteiger partial charge in [-0.3, -0.25) is 0 Å². The molecule has 0 unspecified atom stereocenters. The van der Waals surface area contributed by atoms with E-state index in [0.717, 1.165) is 50.0 Å². The Kier molecular flexibility index (Phi) is 11.8. The number of ether oxygens (including phenoxy) is 3. The summed E-state index contributed by atoms with van der Waals surface area (Å²) in [5.74, 6) is -2.16. The van der Waals surface area contributed by atoms with Crippen LogP contribution in [0.1, 0.15) is 39.5 Å². The van der Waals surface area contributed by atoms with Gasteiger partial charge in [0.1, 0.15) is 0 Å². The average molecular weight is 326 g/mol. The van der Waals surface area contributed by atoms with Crippen molar-refractivity contribution < 1.29 is 33.4 Å². The van der Waals surface area contributed by atoms with Gasteiger partial charge in [0.05, 0.1) is 13.2 Å². The Balaban J connectivity index is 0.000000568. The van der Waals surface area contributed by atoms with E-state index in [0.29, 0.717) is 13.2 Å². The summed E-state index contributed by atoms with van der Waals surface area (Å²) in [7, 11) is 0. The SMILES string of the molecule is CCCCOC(=O)/C=C/C(=O)OCCCC.O=C1C=CC(=O)O1. The molecule has 7 nitrogen and oxygen atoms in total. The van der Waals surface area contributed by atoms with Crippen molar-refractivity contribution in [2.45, 2.75) is 39.5 Å². The zero-order valence-electron chi connectivity index (χ0n) is 13.4. The van der Waals surface area contributed by atoms with Gasteiger partial charge < -0.3 is 14.2 Å². The molecule has 0 aromatic heterocycles. The third-order valence-corrected chi connectivity index (χ3v) is 2.40. The number of carbonyl (C=O) groups is 4. The van der Waals surface area contributed by atoms with Crippen LogP contribution in [0, 0.1) is 0 Å². The molecular formula is C16H22O7. The molecular weight excluding hydrogens is 304 g/mol. The van der Waals surface area contributed by atoms with Gasteiger partial charge in [-0.2, -0.15) is 0 Å². The predicted octanol–water partition coefficient (Wildman–Crippen LogP) is 1.86. The molecule has 1 aliphatic rings. The number of esters is 4. The molecule has 7 heteroatoms. The lowest BCUT2D eigenvalue weighted by atomic mass is 10.4. The lowest BCUT2D eigenvalue weighted by Gasteiger charge is -2.00. The topological polar surface area (TPSA) is 96.0 Å². The van der Waals surface area contributed by atoms with E-state index in [2.05, 4.69) is 4.74 Å². The maximum absolute atomic E-state index is 11.0. The summed E-state index contributed by atoms with van der Waals surface area (Å²) in [5, 5.41) is 0. The Morgan fingerprint density at radius 3 is 1.57 bits per heavy atom. The minimum atomic E-state index is -0.579. The van der Waals surface area contributed by atoms with Crippen LogP contribution < -0.4 is 0 Å². The molecule has 0 saturated carbocycles. The summed E-state index contributed by atoms with van der Waals surface area (Å²) in [6, 6.07) is 0. The van der Waals surface area contributed by atoms with Gasteiger partial charge in [-0.25, -0.2) is 19.2 Å². The van der Waals surface area contributed by atoms with Crippen molar-refractivity contribution in [3.8, 4) is 0 Å². The molecule has 0 bridgehead atoms. The third-order valence-electron chi connectivity index (χ3n) is 2.40. The normalized spacial score (nSPS) is 12.6. The lowest BCUT2D eigenvalue weighted by Crippen LogP contribution is -2.05. The molecule has 0 aromatic rings. The fourth-order valence-electron chi connectivity index (χ4n) is 1.17. The van der Waals surface area contributed by atoms with Gasteiger partial charge in [0, 0.05) is 24.3 Å². The van der Waals surface area contributed by atoms with Crippen molar-refractivity contribution in [1.82, 2.24) is 0 Å². The molecule has 1 heterocycles. The fraction of sp³-hybridized carbons (Fsp3) is 0.500. The highest BCUT2D eigenvalue weighted by atomic mass is 16.6. The van der Waals surface area contributed by atoms with Crippen LogP contribution in [0.5, 0.6) is 0 Å². The first-order chi connectivity index (χ1) is 11.0. The number of hydrogen-bond acceptors (Lipinski definition) is 7. The molecule has 0 amide bonds. The number of carbonyl (C=O) groups excluding carboxylic acids is 4. The van der Waals surface area contributed by atoms with Crippen LogP contribution in [-0.2, 0) is 33.4 Å². The van der Waals surface area contributed by atoms with E-state index < -0.39 is 23.9 Å². The lowest BCUT2D eigenvalue weighted by molar-refractivity contribution is -0.150. The summed E-state index contributed by atoms with van der Waals surface area (Å²) in [6.07, 6.45) is 7.98. The smallest absolute Gasteiger partial charge is 0.338 e. The molecule has 0 aliphatic carbocycles. The van der Waals surface area contributed by atoms with Crippen LogP contribution in [0.4, 0.5) is 0 Å². The predicted molar refractivity (Wildman–Crippen MR) is 81.1 cm³/mol. The Labute approximate surface area is 135 Å². The Morgan fingerprint density at radius 1 is 0.913 bits per heavy atom. The largest absolute Gasteiger partial charge is 0.463 e. The minimum absolute atomic E-state index is 0.393. The Bertz CT molecular complexity index is 423. The fourth-order valence-corrected chi connectivity index (χ4v) is 1.17. The van der Waals surface area contributed by atoms with E-state index in [1.807, 2.05) is 13.8 Å². The van der Waals surface area contributed by atoms with E-state index in [1.54, 1.807) is 0 Å². The standard InChI is InChI=1S/C12H20O4.C4H2O3/c1-3-5-9-15-11(13)7-8-12(14)16-10-6-4-2;5-3-1-2-4(6)7-3/h7-8H,3-6,9-10H2,1-2H3;1-2H/b8-7+;. The average Bonchev–Trinajstić information content (AvgIpc) is 2.90.